The molecule has 8 aromatic carbocycles. The zero-order valence-electron chi connectivity index (χ0n) is 38.1. The molecule has 0 amide bonds. The van der Waals surface area contributed by atoms with E-state index >= 15 is 0 Å². The highest BCUT2D eigenvalue weighted by molar-refractivity contribution is 6.10. The number of hydrogen-bond donors (Lipinski definition) is 0. The number of fused-ring (bicyclic) bond motifs is 3. The Morgan fingerprint density at radius 3 is 1.49 bits per heavy atom. The van der Waals surface area contributed by atoms with Gasteiger partial charge in [-0.2, -0.15) is 0 Å². The van der Waals surface area contributed by atoms with Gasteiger partial charge in [-0.1, -0.05) is 162 Å². The molecule has 1 aromatic heterocycles. The number of benzene rings is 8. The molecule has 0 aliphatic heterocycles. The molecule has 3 heteroatoms. The van der Waals surface area contributed by atoms with E-state index in [4.69, 9.17) is 0 Å². The van der Waals surface area contributed by atoms with Crippen LogP contribution in [0.3, 0.4) is 0 Å². The first-order valence-electron chi connectivity index (χ1n) is 24.3. The fourth-order valence-electron chi connectivity index (χ4n) is 10.9. The molecular weight excluding hydrogens is 787 g/mol. The molecule has 0 saturated heterocycles. The minimum atomic E-state index is -0.124. The summed E-state index contributed by atoms with van der Waals surface area (Å²) in [7, 11) is 0. The van der Waals surface area contributed by atoms with Gasteiger partial charge in [-0.15, -0.1) is 0 Å². The van der Waals surface area contributed by atoms with E-state index in [0.717, 1.165) is 35.6 Å². The second-order valence-electron chi connectivity index (χ2n) is 18.1. The zero-order valence-corrected chi connectivity index (χ0v) is 38.1. The van der Waals surface area contributed by atoms with Crippen LogP contribution in [0.4, 0.5) is 34.1 Å². The average molecular weight is 848 g/mol. The molecule has 1 heterocycles. The minimum absolute atomic E-state index is 0.124. The minimum Gasteiger partial charge on any atom is -0.311 e. The van der Waals surface area contributed by atoms with Crippen LogP contribution in [0.2, 0.25) is 0 Å². The van der Waals surface area contributed by atoms with Gasteiger partial charge in [-0.25, -0.2) is 0 Å². The Kier molecular flexibility index (Phi) is 12.4. The van der Waals surface area contributed by atoms with Crippen molar-refractivity contribution in [1.82, 2.24) is 4.57 Å². The number of hydrogen-bond acceptors (Lipinski definition) is 2. The lowest BCUT2D eigenvalue weighted by molar-refractivity contribution is 0.431. The zero-order chi connectivity index (χ0) is 44.0. The number of nitrogens with zero attached hydrogens (tertiary/aromatic N) is 3. The maximum atomic E-state index is 2.48. The maximum absolute atomic E-state index is 2.48. The van der Waals surface area contributed by atoms with Crippen molar-refractivity contribution < 1.29 is 0 Å². The van der Waals surface area contributed by atoms with Gasteiger partial charge >= 0.3 is 0 Å². The molecule has 0 spiro atoms. The summed E-state index contributed by atoms with van der Waals surface area (Å²) < 4.78 is 2.41. The van der Waals surface area contributed by atoms with Gasteiger partial charge in [-0.3, -0.25) is 0 Å². The van der Waals surface area contributed by atoms with Crippen LogP contribution in [0.15, 0.2) is 206 Å². The van der Waals surface area contributed by atoms with Crippen molar-refractivity contribution in [2.75, 3.05) is 9.80 Å². The van der Waals surface area contributed by atoms with Crippen LogP contribution in [0.25, 0.3) is 27.5 Å². The summed E-state index contributed by atoms with van der Waals surface area (Å²) in [6, 6.07) is 76.7. The predicted molar refractivity (Wildman–Crippen MR) is 278 cm³/mol. The first-order valence-corrected chi connectivity index (χ1v) is 24.3. The molecular formula is C62H61N3. The number of anilines is 6. The Morgan fingerprint density at radius 2 is 0.923 bits per heavy atom. The van der Waals surface area contributed by atoms with E-state index in [0.29, 0.717) is 5.92 Å². The smallest absolute Gasteiger partial charge is 0.0542 e. The molecule has 1 aliphatic rings. The van der Waals surface area contributed by atoms with Gasteiger partial charge in [-0.05, 0) is 145 Å². The quantitative estimate of drug-likeness (QED) is 0.0952. The second-order valence-corrected chi connectivity index (χ2v) is 18.1. The van der Waals surface area contributed by atoms with Crippen molar-refractivity contribution in [1.29, 1.82) is 0 Å². The van der Waals surface area contributed by atoms with E-state index in [1.165, 1.54) is 107 Å². The molecule has 0 N–H and O–H groups in total. The van der Waals surface area contributed by atoms with E-state index in [1.54, 1.807) is 0 Å². The van der Waals surface area contributed by atoms with Crippen molar-refractivity contribution in [2.24, 2.45) is 0 Å². The molecule has 10 rings (SSSR count). The van der Waals surface area contributed by atoms with Crippen LogP contribution in [0, 0.1) is 0 Å². The molecule has 324 valence electrons. The molecule has 1 aliphatic carbocycles. The predicted octanol–water partition coefficient (Wildman–Crippen LogP) is 18.0. The van der Waals surface area contributed by atoms with Crippen LogP contribution >= 0.6 is 0 Å². The van der Waals surface area contributed by atoms with Crippen LogP contribution < -0.4 is 9.80 Å². The number of rotatable bonds is 15. The van der Waals surface area contributed by atoms with E-state index in [2.05, 4.69) is 234 Å². The number of para-hydroxylation sites is 4. The van der Waals surface area contributed by atoms with Crippen molar-refractivity contribution in [3.63, 3.8) is 0 Å². The highest BCUT2D eigenvalue weighted by Gasteiger charge is 2.33. The summed E-state index contributed by atoms with van der Waals surface area (Å²) in [4.78, 5) is 4.83. The van der Waals surface area contributed by atoms with Crippen LogP contribution in [0.1, 0.15) is 101 Å². The van der Waals surface area contributed by atoms with Gasteiger partial charge in [0.25, 0.3) is 0 Å². The Labute approximate surface area is 386 Å². The molecule has 0 radical (unpaired) electrons. The van der Waals surface area contributed by atoms with Crippen molar-refractivity contribution in [3.8, 4) is 5.69 Å². The molecule has 9 aromatic rings. The third-order valence-electron chi connectivity index (χ3n) is 14.4. The third kappa shape index (κ3) is 8.37. The molecule has 3 nitrogen and oxygen atoms in total. The molecule has 65 heavy (non-hydrogen) atoms. The van der Waals surface area contributed by atoms with Crippen molar-refractivity contribution in [3.05, 3.63) is 223 Å². The van der Waals surface area contributed by atoms with Crippen molar-refractivity contribution in [2.45, 2.75) is 89.4 Å². The fourth-order valence-corrected chi connectivity index (χ4v) is 10.9. The molecule has 1 atom stereocenters. The average Bonchev–Trinajstić information content (AvgIpc) is 3.71. The van der Waals surface area contributed by atoms with Gasteiger partial charge in [0.15, 0.2) is 0 Å². The van der Waals surface area contributed by atoms with Crippen LogP contribution in [-0.2, 0) is 5.41 Å². The van der Waals surface area contributed by atoms with Gasteiger partial charge in [0.05, 0.1) is 11.0 Å². The summed E-state index contributed by atoms with van der Waals surface area (Å²) >= 11 is 0. The molecule has 1 unspecified atom stereocenters. The maximum Gasteiger partial charge on any atom is 0.0542 e. The van der Waals surface area contributed by atoms with E-state index in [1.807, 2.05) is 0 Å². The number of unbranched alkanes of at least 4 members (excludes halogenated alkanes) is 2. The van der Waals surface area contributed by atoms with Gasteiger partial charge < -0.3 is 14.4 Å². The monoisotopic (exact) mass is 847 g/mol. The lowest BCUT2D eigenvalue weighted by Crippen LogP contribution is -2.27. The summed E-state index contributed by atoms with van der Waals surface area (Å²) in [6.07, 6.45) is 12.4. The lowest BCUT2D eigenvalue weighted by Gasteiger charge is -2.36. The van der Waals surface area contributed by atoms with Crippen LogP contribution in [0.5, 0.6) is 0 Å². The first kappa shape index (κ1) is 42.1. The summed E-state index contributed by atoms with van der Waals surface area (Å²) in [6.45, 7) is 4.70. The SMILES string of the molecule is CCCCCC(CC)(c1ccc(N(c2ccccc2)c2ccccc2)cc1)c1ccc(N(c2ccc(C3CCCCC3)cc2)c2ccc3c(c2)c2ccccc2n3-c2ccccc2)cc1. The summed E-state index contributed by atoms with van der Waals surface area (Å²) in [5, 5.41) is 2.52. The van der Waals surface area contributed by atoms with Crippen LogP contribution in [-0.4, -0.2) is 4.57 Å². The fraction of sp³-hybridized carbons (Fsp3) is 0.226. The Hall–Kier alpha value is -6.84. The standard InChI is InChI=1S/C62H61N3/c1-3-5-20-45-62(4-2,49-33-39-55(40-34-49)63(51-23-12-7-13-24-51)52-25-14-8-15-26-52)50-35-41-56(42-36-50)64(54-37-31-48(32-38-54)47-21-10-6-11-22-47)57-43-44-61-59(46-57)58-29-18-19-30-60(58)65(61)53-27-16-9-17-28-53/h7-9,12-19,23-44,46-47H,3-6,10-11,20-22,45H2,1-2H3. The van der Waals surface area contributed by atoms with Gasteiger partial charge in [0.2, 0.25) is 0 Å². The lowest BCUT2D eigenvalue weighted by atomic mass is 9.69. The Morgan fingerprint density at radius 1 is 0.446 bits per heavy atom. The van der Waals surface area contributed by atoms with E-state index < -0.39 is 0 Å². The summed E-state index contributed by atoms with van der Waals surface area (Å²) in [5.74, 6) is 0.662. The molecule has 1 fully saturated rings. The largest absolute Gasteiger partial charge is 0.311 e. The highest BCUT2D eigenvalue weighted by atomic mass is 15.1. The Balaban J connectivity index is 1.06. The summed E-state index contributed by atoms with van der Waals surface area (Å²) in [5.41, 5.74) is 14.7. The van der Waals surface area contributed by atoms with Crippen molar-refractivity contribution >= 4 is 55.9 Å². The molecule has 0 bridgehead atoms. The third-order valence-corrected chi connectivity index (χ3v) is 14.4. The Bertz CT molecular complexity index is 2890. The topological polar surface area (TPSA) is 11.4 Å². The van der Waals surface area contributed by atoms with E-state index in [9.17, 15) is 0 Å². The highest BCUT2D eigenvalue weighted by Crippen LogP contribution is 2.45. The second kappa shape index (κ2) is 19.1. The van der Waals surface area contributed by atoms with Gasteiger partial charge in [0, 0.05) is 56.0 Å². The first-order chi connectivity index (χ1) is 32.1. The molecule has 1 saturated carbocycles. The van der Waals surface area contributed by atoms with E-state index in [-0.39, 0.29) is 5.41 Å². The number of aromatic nitrogens is 1. The van der Waals surface area contributed by atoms with Gasteiger partial charge in [0.1, 0.15) is 0 Å². The normalized spacial score (nSPS) is 14.1.